The van der Waals surface area contributed by atoms with Crippen LogP contribution < -0.4 is 5.32 Å². The smallest absolute Gasteiger partial charge is 0.392 e. The minimum absolute atomic E-state index is 0.0936. The topological polar surface area (TPSA) is 112 Å². The molecule has 12 heteroatoms. The third-order valence-electron chi connectivity index (χ3n) is 9.37. The van der Waals surface area contributed by atoms with Crippen LogP contribution in [0.3, 0.4) is 0 Å². The summed E-state index contributed by atoms with van der Waals surface area (Å²) >= 11 is 0. The van der Waals surface area contributed by atoms with Gasteiger partial charge in [-0.1, -0.05) is 73.7 Å². The number of anilines is 1. The second kappa shape index (κ2) is 15.2. The Morgan fingerprint density at radius 3 is 2.40 bits per heavy atom. The lowest BCUT2D eigenvalue weighted by atomic mass is 9.89. The SMILES string of the molecule is C[C@@H]1[C@H](CN(C)[C@@H](C)[C@H](O)c2ccccc2)O[C@H](c2cccc(NC(=O)[C@@H]3CCCN3C(=O)C(F)(F)F)c2)O[C@@H]1c1ccc(CO)cc1. The van der Waals surface area contributed by atoms with Crippen LogP contribution in [0.2, 0.25) is 0 Å². The molecule has 0 radical (unpaired) electrons. The van der Waals surface area contributed by atoms with E-state index in [4.69, 9.17) is 9.47 Å². The summed E-state index contributed by atoms with van der Waals surface area (Å²) in [4.78, 5) is 27.6. The lowest BCUT2D eigenvalue weighted by Crippen LogP contribution is -2.48. The van der Waals surface area contributed by atoms with Crippen LogP contribution in [-0.4, -0.2) is 76.3 Å². The molecule has 2 saturated heterocycles. The molecule has 3 N–H and O–H groups in total. The molecule has 0 bridgehead atoms. The number of benzene rings is 3. The van der Waals surface area contributed by atoms with Crippen molar-refractivity contribution in [3.05, 3.63) is 101 Å². The molecule has 0 unspecified atom stereocenters. The van der Waals surface area contributed by atoms with Gasteiger partial charge in [0.15, 0.2) is 6.29 Å². The number of carbonyl (C=O) groups excluding carboxylic acids is 2. The Bertz CT molecular complexity index is 1540. The molecule has 9 nitrogen and oxygen atoms in total. The molecule has 0 spiro atoms. The number of aliphatic hydroxyl groups excluding tert-OH is 2. The van der Waals surface area contributed by atoms with Gasteiger partial charge >= 0.3 is 12.1 Å². The largest absolute Gasteiger partial charge is 0.471 e. The van der Waals surface area contributed by atoms with Crippen molar-refractivity contribution in [1.29, 1.82) is 0 Å². The molecule has 3 aromatic carbocycles. The van der Waals surface area contributed by atoms with Gasteiger partial charge < -0.3 is 29.9 Å². The summed E-state index contributed by atoms with van der Waals surface area (Å²) in [6, 6.07) is 22.2. The third-order valence-corrected chi connectivity index (χ3v) is 9.37. The van der Waals surface area contributed by atoms with E-state index in [1.54, 1.807) is 24.3 Å². The fourth-order valence-electron chi connectivity index (χ4n) is 6.38. The number of rotatable bonds is 10. The fourth-order valence-corrected chi connectivity index (χ4v) is 6.38. The van der Waals surface area contributed by atoms with Gasteiger partial charge in [0.1, 0.15) is 6.04 Å². The van der Waals surface area contributed by atoms with E-state index < -0.39 is 42.5 Å². The Balaban J connectivity index is 1.36. The van der Waals surface area contributed by atoms with Crippen molar-refractivity contribution in [2.24, 2.45) is 5.92 Å². The Hall–Kier alpha value is -3.81. The third kappa shape index (κ3) is 8.07. The number of likely N-dealkylation sites (N-methyl/N-ethyl adjacent to an activating group) is 1. The van der Waals surface area contributed by atoms with Gasteiger partial charge in [-0.3, -0.25) is 14.5 Å². The number of nitrogens with one attached hydrogen (secondary N) is 1. The molecular weight excluding hydrogens is 627 g/mol. The summed E-state index contributed by atoms with van der Waals surface area (Å²) in [5.41, 5.74) is 3.36. The highest BCUT2D eigenvalue weighted by molar-refractivity contribution is 5.98. The molecule has 2 amide bonds. The predicted molar refractivity (Wildman–Crippen MR) is 172 cm³/mol. The zero-order valence-corrected chi connectivity index (χ0v) is 27.1. The van der Waals surface area contributed by atoms with E-state index in [2.05, 4.69) is 5.32 Å². The van der Waals surface area contributed by atoms with Gasteiger partial charge in [0, 0.05) is 36.3 Å². The van der Waals surface area contributed by atoms with Crippen LogP contribution in [0, 0.1) is 5.92 Å². The zero-order chi connectivity index (χ0) is 34.6. The number of nitrogens with zero attached hydrogens (tertiary/aromatic N) is 2. The molecule has 0 saturated carbocycles. The highest BCUT2D eigenvalue weighted by atomic mass is 19.4. The maximum atomic E-state index is 13.1. The molecule has 48 heavy (non-hydrogen) atoms. The van der Waals surface area contributed by atoms with Crippen molar-refractivity contribution in [2.75, 3.05) is 25.5 Å². The molecule has 258 valence electrons. The van der Waals surface area contributed by atoms with E-state index in [1.807, 2.05) is 80.4 Å². The number of hydrogen-bond acceptors (Lipinski definition) is 7. The molecule has 7 atom stereocenters. The Morgan fingerprint density at radius 2 is 1.73 bits per heavy atom. The quantitative estimate of drug-likeness (QED) is 0.261. The van der Waals surface area contributed by atoms with Crippen LogP contribution in [-0.2, 0) is 25.7 Å². The molecular formula is C36H42F3N3O6. The van der Waals surface area contributed by atoms with Crippen molar-refractivity contribution in [3.8, 4) is 0 Å². The van der Waals surface area contributed by atoms with Gasteiger partial charge in [-0.25, -0.2) is 0 Å². The number of aliphatic hydroxyl groups is 2. The standard InChI is InChI=1S/C36H42F3N3O6/c1-22-30(20-41(3)23(2)31(44)25-9-5-4-6-10-25)47-34(48-32(22)26-16-14-24(21-43)15-17-26)27-11-7-12-28(19-27)40-33(45)29-13-8-18-42(29)35(46)36(37,38)39/h4-7,9-12,14-17,19,22-23,29-32,34,43-44H,8,13,18,20-21H2,1-3H3,(H,40,45)/t22-,23+,29+,30+,31+,32+,34+/m1/s1. The Morgan fingerprint density at radius 1 is 1.02 bits per heavy atom. The van der Waals surface area contributed by atoms with Gasteiger partial charge in [0.05, 0.1) is 24.9 Å². The summed E-state index contributed by atoms with van der Waals surface area (Å²) in [5.74, 6) is -2.85. The normalized spacial score (nSPS) is 24.4. The molecule has 2 aliphatic heterocycles. The molecule has 5 rings (SSSR count). The summed E-state index contributed by atoms with van der Waals surface area (Å²) in [6.07, 6.45) is -7.02. The van der Waals surface area contributed by atoms with Crippen LogP contribution in [0.4, 0.5) is 18.9 Å². The van der Waals surface area contributed by atoms with Crippen LogP contribution in [0.1, 0.15) is 67.4 Å². The Kier molecular flexibility index (Phi) is 11.2. The highest BCUT2D eigenvalue weighted by Crippen LogP contribution is 2.42. The first-order valence-electron chi connectivity index (χ1n) is 16.1. The number of alkyl halides is 3. The summed E-state index contributed by atoms with van der Waals surface area (Å²) in [5, 5.41) is 23.3. The molecule has 2 heterocycles. The van der Waals surface area contributed by atoms with Crippen LogP contribution >= 0.6 is 0 Å². The maximum absolute atomic E-state index is 13.1. The number of hydrogen-bond donors (Lipinski definition) is 3. The van der Waals surface area contributed by atoms with E-state index >= 15 is 0 Å². The van der Waals surface area contributed by atoms with Crippen LogP contribution in [0.5, 0.6) is 0 Å². The van der Waals surface area contributed by atoms with E-state index in [0.717, 1.165) is 16.7 Å². The lowest BCUT2D eigenvalue weighted by Gasteiger charge is -2.43. The number of carbonyl (C=O) groups is 2. The first-order valence-corrected chi connectivity index (χ1v) is 16.1. The monoisotopic (exact) mass is 669 g/mol. The van der Waals surface area contributed by atoms with Gasteiger partial charge in [-0.15, -0.1) is 0 Å². The van der Waals surface area contributed by atoms with Crippen molar-refractivity contribution in [2.45, 2.75) is 76.2 Å². The van der Waals surface area contributed by atoms with Gasteiger partial charge in [0.2, 0.25) is 5.91 Å². The number of amides is 2. The molecule has 2 aliphatic rings. The average molecular weight is 670 g/mol. The Labute approximate surface area is 278 Å². The fraction of sp³-hybridized carbons (Fsp3) is 0.444. The van der Waals surface area contributed by atoms with Crippen LogP contribution in [0.25, 0.3) is 0 Å². The molecule has 0 aromatic heterocycles. The van der Waals surface area contributed by atoms with Crippen molar-refractivity contribution in [1.82, 2.24) is 9.80 Å². The van der Waals surface area contributed by atoms with E-state index in [9.17, 15) is 33.0 Å². The van der Waals surface area contributed by atoms with Crippen LogP contribution in [0.15, 0.2) is 78.9 Å². The highest BCUT2D eigenvalue weighted by Gasteiger charge is 2.48. The maximum Gasteiger partial charge on any atom is 0.471 e. The number of halogens is 3. The lowest BCUT2D eigenvalue weighted by molar-refractivity contribution is -0.276. The van der Waals surface area contributed by atoms with E-state index in [-0.39, 0.29) is 37.6 Å². The van der Waals surface area contributed by atoms with Crippen molar-refractivity contribution >= 4 is 17.5 Å². The molecule has 0 aliphatic carbocycles. The zero-order valence-electron chi connectivity index (χ0n) is 27.1. The second-order valence-electron chi connectivity index (χ2n) is 12.6. The van der Waals surface area contributed by atoms with E-state index in [0.29, 0.717) is 29.1 Å². The minimum atomic E-state index is -5.06. The first kappa shape index (κ1) is 35.5. The van der Waals surface area contributed by atoms with Gasteiger partial charge in [-0.05, 0) is 55.6 Å². The van der Waals surface area contributed by atoms with E-state index in [1.165, 1.54) is 0 Å². The predicted octanol–water partition coefficient (Wildman–Crippen LogP) is 5.52. The second-order valence-corrected chi connectivity index (χ2v) is 12.6. The number of likely N-dealkylation sites (tertiary alicyclic amines) is 1. The summed E-state index contributed by atoms with van der Waals surface area (Å²) in [7, 11) is 1.93. The van der Waals surface area contributed by atoms with Crippen molar-refractivity contribution in [3.63, 3.8) is 0 Å². The molecule has 2 fully saturated rings. The summed E-state index contributed by atoms with van der Waals surface area (Å²) in [6.45, 7) is 4.20. The summed E-state index contributed by atoms with van der Waals surface area (Å²) < 4.78 is 52.5. The van der Waals surface area contributed by atoms with Gasteiger partial charge in [-0.2, -0.15) is 13.2 Å². The minimum Gasteiger partial charge on any atom is -0.392 e. The first-order chi connectivity index (χ1) is 22.9. The molecule has 3 aromatic rings. The number of ether oxygens (including phenoxy) is 2. The average Bonchev–Trinajstić information content (AvgIpc) is 3.58. The van der Waals surface area contributed by atoms with Gasteiger partial charge in [0.25, 0.3) is 0 Å². The van der Waals surface area contributed by atoms with Crippen molar-refractivity contribution < 1.29 is 42.4 Å².